The van der Waals surface area contributed by atoms with Gasteiger partial charge in [-0.15, -0.1) is 0 Å². The van der Waals surface area contributed by atoms with Gasteiger partial charge < -0.3 is 9.64 Å². The minimum absolute atomic E-state index is 0.260. The van der Waals surface area contributed by atoms with Crippen molar-refractivity contribution in [3.63, 3.8) is 0 Å². The third-order valence-electron chi connectivity index (χ3n) is 5.14. The molecule has 1 aliphatic carbocycles. The van der Waals surface area contributed by atoms with Crippen molar-refractivity contribution in [2.24, 2.45) is 0 Å². The first-order valence-corrected chi connectivity index (χ1v) is 11.0. The van der Waals surface area contributed by atoms with Crippen molar-refractivity contribution in [1.29, 1.82) is 0 Å². The molecule has 5 nitrogen and oxygen atoms in total. The number of nitrogens with zero attached hydrogens (tertiary/aromatic N) is 1. The predicted octanol–water partition coefficient (Wildman–Crippen LogP) is 4.41. The van der Waals surface area contributed by atoms with Gasteiger partial charge in [0.2, 0.25) is 10.0 Å². The Morgan fingerprint density at radius 2 is 1.63 bits per heavy atom. The molecular formula is C21H28N2O3S. The zero-order chi connectivity index (χ0) is 19.3. The molecule has 1 saturated carbocycles. The molecule has 0 spiro atoms. The van der Waals surface area contributed by atoms with Crippen LogP contribution in [0, 0.1) is 0 Å². The molecule has 27 heavy (non-hydrogen) atoms. The standard InChI is InChI=1S/C21H28N2O3S/c1-23(16-17-8-14-20(26-2)15-9-17)19-12-10-18(11-13-19)22-27(24,25)21-6-4-3-5-7-21/h8-15,21-22H,3-7,16H2,1-2H3. The number of methoxy groups -OCH3 is 1. The molecule has 146 valence electrons. The summed E-state index contributed by atoms with van der Waals surface area (Å²) in [6.45, 7) is 0.761. The molecule has 0 aliphatic heterocycles. The molecule has 1 aliphatic rings. The van der Waals surface area contributed by atoms with E-state index in [1.165, 1.54) is 5.56 Å². The fourth-order valence-electron chi connectivity index (χ4n) is 3.50. The average Bonchev–Trinajstić information content (AvgIpc) is 2.69. The second-order valence-corrected chi connectivity index (χ2v) is 9.12. The summed E-state index contributed by atoms with van der Waals surface area (Å²) in [7, 11) is 0.377. The first kappa shape index (κ1) is 19.5. The highest BCUT2D eigenvalue weighted by Gasteiger charge is 2.27. The highest BCUT2D eigenvalue weighted by molar-refractivity contribution is 7.93. The minimum atomic E-state index is -3.30. The fourth-order valence-corrected chi connectivity index (χ4v) is 5.09. The van der Waals surface area contributed by atoms with Crippen molar-refractivity contribution in [3.8, 4) is 5.75 Å². The Morgan fingerprint density at radius 1 is 1.00 bits per heavy atom. The van der Waals surface area contributed by atoms with Crippen LogP contribution in [0.5, 0.6) is 5.75 Å². The Morgan fingerprint density at radius 3 is 2.22 bits per heavy atom. The van der Waals surface area contributed by atoms with E-state index in [1.54, 1.807) is 7.11 Å². The van der Waals surface area contributed by atoms with Crippen LogP contribution in [-0.2, 0) is 16.6 Å². The molecule has 0 amide bonds. The van der Waals surface area contributed by atoms with E-state index in [2.05, 4.69) is 9.62 Å². The van der Waals surface area contributed by atoms with Crippen LogP contribution in [-0.4, -0.2) is 27.8 Å². The van der Waals surface area contributed by atoms with Gasteiger partial charge in [0, 0.05) is 25.0 Å². The predicted molar refractivity (Wildman–Crippen MR) is 111 cm³/mol. The van der Waals surface area contributed by atoms with E-state index in [1.807, 2.05) is 55.6 Å². The van der Waals surface area contributed by atoms with E-state index in [9.17, 15) is 8.42 Å². The second-order valence-electron chi connectivity index (χ2n) is 7.16. The molecule has 0 atom stereocenters. The number of sulfonamides is 1. The lowest BCUT2D eigenvalue weighted by molar-refractivity contribution is 0.414. The van der Waals surface area contributed by atoms with Crippen molar-refractivity contribution in [2.45, 2.75) is 43.9 Å². The SMILES string of the molecule is COc1ccc(CN(C)c2ccc(NS(=O)(=O)C3CCCCC3)cc2)cc1. The molecular weight excluding hydrogens is 360 g/mol. The molecule has 0 radical (unpaired) electrons. The molecule has 0 saturated heterocycles. The van der Waals surface area contributed by atoms with Crippen LogP contribution >= 0.6 is 0 Å². The van der Waals surface area contributed by atoms with Crippen molar-refractivity contribution >= 4 is 21.4 Å². The molecule has 0 unspecified atom stereocenters. The van der Waals surface area contributed by atoms with Gasteiger partial charge in [-0.2, -0.15) is 0 Å². The van der Waals surface area contributed by atoms with Crippen molar-refractivity contribution in [1.82, 2.24) is 0 Å². The number of hydrogen-bond donors (Lipinski definition) is 1. The van der Waals surface area contributed by atoms with Gasteiger partial charge in [0.05, 0.1) is 12.4 Å². The van der Waals surface area contributed by atoms with Crippen molar-refractivity contribution < 1.29 is 13.2 Å². The molecule has 0 heterocycles. The van der Waals surface area contributed by atoms with Gasteiger partial charge in [0.25, 0.3) is 0 Å². The Balaban J connectivity index is 1.61. The summed E-state index contributed by atoms with van der Waals surface area (Å²) in [6.07, 6.45) is 4.67. The van der Waals surface area contributed by atoms with Crippen molar-refractivity contribution in [3.05, 3.63) is 54.1 Å². The third-order valence-corrected chi connectivity index (χ3v) is 7.01. The average molecular weight is 389 g/mol. The van der Waals surface area contributed by atoms with Crippen LogP contribution in [0.1, 0.15) is 37.7 Å². The molecule has 2 aromatic rings. The van der Waals surface area contributed by atoms with Crippen molar-refractivity contribution in [2.75, 3.05) is 23.8 Å². The monoisotopic (exact) mass is 388 g/mol. The van der Waals surface area contributed by atoms with Gasteiger partial charge in [-0.1, -0.05) is 31.4 Å². The lowest BCUT2D eigenvalue weighted by Crippen LogP contribution is -2.29. The van der Waals surface area contributed by atoms with E-state index >= 15 is 0 Å². The second kappa shape index (κ2) is 8.65. The van der Waals surface area contributed by atoms with Gasteiger partial charge in [0.15, 0.2) is 0 Å². The maximum Gasteiger partial charge on any atom is 0.235 e. The topological polar surface area (TPSA) is 58.6 Å². The summed E-state index contributed by atoms with van der Waals surface area (Å²) in [5.41, 5.74) is 2.84. The number of ether oxygens (including phenoxy) is 1. The zero-order valence-electron chi connectivity index (χ0n) is 16.0. The Labute approximate surface area is 162 Å². The maximum absolute atomic E-state index is 12.5. The van der Waals surface area contributed by atoms with E-state index < -0.39 is 10.0 Å². The molecule has 2 aromatic carbocycles. The molecule has 6 heteroatoms. The van der Waals surface area contributed by atoms with Gasteiger partial charge in [0.1, 0.15) is 5.75 Å². The third kappa shape index (κ3) is 5.16. The van der Waals surface area contributed by atoms with E-state index in [0.717, 1.165) is 50.1 Å². The van der Waals surface area contributed by atoms with Crippen LogP contribution in [0.15, 0.2) is 48.5 Å². The van der Waals surface area contributed by atoms with Crippen LogP contribution in [0.3, 0.4) is 0 Å². The Bertz CT molecular complexity index is 827. The summed E-state index contributed by atoms with van der Waals surface area (Å²) < 4.78 is 33.0. The molecule has 0 bridgehead atoms. The normalized spacial score (nSPS) is 15.3. The number of hydrogen-bond acceptors (Lipinski definition) is 4. The molecule has 1 fully saturated rings. The van der Waals surface area contributed by atoms with E-state index in [4.69, 9.17) is 4.74 Å². The number of rotatable bonds is 7. The first-order valence-electron chi connectivity index (χ1n) is 9.44. The summed E-state index contributed by atoms with van der Waals surface area (Å²) in [5.74, 6) is 0.844. The van der Waals surface area contributed by atoms with Crippen LogP contribution < -0.4 is 14.4 Å². The van der Waals surface area contributed by atoms with E-state index in [0.29, 0.717) is 5.69 Å². The summed E-state index contributed by atoms with van der Waals surface area (Å²) in [6, 6.07) is 15.5. The number of benzene rings is 2. The van der Waals surface area contributed by atoms with Crippen LogP contribution in [0.25, 0.3) is 0 Å². The lowest BCUT2D eigenvalue weighted by atomic mass is 10.0. The molecule has 3 rings (SSSR count). The first-order chi connectivity index (χ1) is 13.0. The summed E-state index contributed by atoms with van der Waals surface area (Å²) >= 11 is 0. The summed E-state index contributed by atoms with van der Waals surface area (Å²) in [5, 5.41) is -0.260. The van der Waals surface area contributed by atoms with Gasteiger partial charge in [-0.05, 0) is 54.8 Å². The van der Waals surface area contributed by atoms with Gasteiger partial charge >= 0.3 is 0 Å². The quantitative estimate of drug-likeness (QED) is 0.763. The number of anilines is 2. The molecule has 0 aromatic heterocycles. The number of nitrogens with one attached hydrogen (secondary N) is 1. The summed E-state index contributed by atoms with van der Waals surface area (Å²) in [4.78, 5) is 2.13. The highest BCUT2D eigenvalue weighted by atomic mass is 32.2. The minimum Gasteiger partial charge on any atom is -0.497 e. The zero-order valence-corrected chi connectivity index (χ0v) is 16.8. The largest absolute Gasteiger partial charge is 0.497 e. The van der Waals surface area contributed by atoms with Gasteiger partial charge in [-0.3, -0.25) is 4.72 Å². The Hall–Kier alpha value is -2.21. The van der Waals surface area contributed by atoms with E-state index in [-0.39, 0.29) is 5.25 Å². The fraction of sp³-hybridized carbons (Fsp3) is 0.429. The van der Waals surface area contributed by atoms with Crippen LogP contribution in [0.4, 0.5) is 11.4 Å². The van der Waals surface area contributed by atoms with Crippen LogP contribution in [0.2, 0.25) is 0 Å². The maximum atomic E-state index is 12.5. The highest BCUT2D eigenvalue weighted by Crippen LogP contribution is 2.26. The lowest BCUT2D eigenvalue weighted by Gasteiger charge is -2.23. The Kier molecular flexibility index (Phi) is 6.26. The van der Waals surface area contributed by atoms with Gasteiger partial charge in [-0.25, -0.2) is 8.42 Å². The smallest absolute Gasteiger partial charge is 0.235 e. The molecule has 1 N–H and O–H groups in total.